The van der Waals surface area contributed by atoms with Gasteiger partial charge >= 0.3 is 5.97 Å². The minimum absolute atomic E-state index is 0.114. The first-order valence-corrected chi connectivity index (χ1v) is 6.31. The predicted molar refractivity (Wildman–Crippen MR) is 63.7 cm³/mol. The van der Waals surface area contributed by atoms with Gasteiger partial charge in [0, 0.05) is 4.90 Å². The summed E-state index contributed by atoms with van der Waals surface area (Å²) < 4.78 is 21.8. The summed E-state index contributed by atoms with van der Waals surface area (Å²) in [6, 6.07) is 8.79. The Kier molecular flexibility index (Phi) is 3.57. The number of aryl methyl sites for hydroxylation is 1. The third kappa shape index (κ3) is 2.19. The Bertz CT molecular complexity index is 591. The van der Waals surface area contributed by atoms with Gasteiger partial charge in [-0.25, -0.2) is 9.00 Å². The molecule has 5 nitrogen and oxygen atoms in total. The number of nitrogens with zero attached hydrogens (tertiary/aromatic N) is 1. The van der Waals surface area contributed by atoms with Crippen LogP contribution in [-0.2, 0) is 15.5 Å². The minimum atomic E-state index is -1.52. The summed E-state index contributed by atoms with van der Waals surface area (Å²) in [5.74, 6) is -0.799. The van der Waals surface area contributed by atoms with Crippen LogP contribution in [-0.4, -0.2) is 22.4 Å². The van der Waals surface area contributed by atoms with Crippen molar-refractivity contribution in [3.05, 3.63) is 41.8 Å². The molecule has 0 saturated carbocycles. The molecular weight excluding hydrogens is 254 g/mol. The molecule has 0 bridgehead atoms. The Morgan fingerprint density at radius 1 is 1.33 bits per heavy atom. The van der Waals surface area contributed by atoms with E-state index < -0.39 is 16.8 Å². The third-order valence-corrected chi connectivity index (χ3v) is 3.87. The molecular formula is C12H11NO4S. The molecule has 1 heterocycles. The van der Waals surface area contributed by atoms with Crippen molar-refractivity contribution in [2.75, 3.05) is 7.11 Å². The molecule has 0 aliphatic rings. The van der Waals surface area contributed by atoms with Gasteiger partial charge in [-0.1, -0.05) is 23.4 Å². The number of carbonyl (C=O) groups excluding carboxylic acids is 1. The first kappa shape index (κ1) is 12.5. The second-order valence-corrected chi connectivity index (χ2v) is 4.92. The molecule has 0 amide bonds. The van der Waals surface area contributed by atoms with Gasteiger partial charge in [0.15, 0.2) is 0 Å². The summed E-state index contributed by atoms with van der Waals surface area (Å²) in [6.07, 6.45) is 0. The van der Waals surface area contributed by atoms with Crippen LogP contribution in [0.1, 0.15) is 16.2 Å². The summed E-state index contributed by atoms with van der Waals surface area (Å²) in [4.78, 5) is 12.3. The van der Waals surface area contributed by atoms with E-state index in [0.29, 0.717) is 10.6 Å². The van der Waals surface area contributed by atoms with Gasteiger partial charge in [0.05, 0.1) is 23.6 Å². The average molecular weight is 265 g/mol. The summed E-state index contributed by atoms with van der Waals surface area (Å²) in [5.41, 5.74) is 0.414. The number of esters is 1. The van der Waals surface area contributed by atoms with Crippen molar-refractivity contribution < 1.29 is 18.3 Å². The van der Waals surface area contributed by atoms with E-state index >= 15 is 0 Å². The lowest BCUT2D eigenvalue weighted by molar-refractivity contribution is 0.0549. The summed E-state index contributed by atoms with van der Waals surface area (Å²) >= 11 is 0. The lowest BCUT2D eigenvalue weighted by Crippen LogP contribution is -2.05. The Balaban J connectivity index is 2.48. The van der Waals surface area contributed by atoms with E-state index in [4.69, 9.17) is 4.52 Å². The second-order valence-electron chi connectivity index (χ2n) is 3.50. The van der Waals surface area contributed by atoms with E-state index in [1.165, 1.54) is 7.11 Å². The molecule has 18 heavy (non-hydrogen) atoms. The highest BCUT2D eigenvalue weighted by Crippen LogP contribution is 2.23. The lowest BCUT2D eigenvalue weighted by atomic mass is 10.4. The smallest absolute Gasteiger partial charge is 0.378 e. The van der Waals surface area contributed by atoms with Gasteiger partial charge in [0.1, 0.15) is 4.90 Å². The van der Waals surface area contributed by atoms with Crippen LogP contribution in [0.2, 0.25) is 0 Å². The quantitative estimate of drug-likeness (QED) is 0.793. The average Bonchev–Trinajstić information content (AvgIpc) is 2.80. The molecule has 0 saturated heterocycles. The van der Waals surface area contributed by atoms with Crippen LogP contribution < -0.4 is 0 Å². The summed E-state index contributed by atoms with van der Waals surface area (Å²) in [6.45, 7) is 1.63. The third-order valence-electron chi connectivity index (χ3n) is 2.32. The monoisotopic (exact) mass is 265 g/mol. The molecule has 2 rings (SSSR count). The van der Waals surface area contributed by atoms with Crippen molar-refractivity contribution in [1.29, 1.82) is 0 Å². The number of benzene rings is 1. The Morgan fingerprint density at radius 3 is 2.61 bits per heavy atom. The molecule has 2 aromatic rings. The van der Waals surface area contributed by atoms with E-state index in [9.17, 15) is 9.00 Å². The van der Waals surface area contributed by atoms with Crippen LogP contribution in [0, 0.1) is 6.92 Å². The minimum Gasteiger partial charge on any atom is -0.463 e. The van der Waals surface area contributed by atoms with Gasteiger partial charge in [0.2, 0.25) is 0 Å². The van der Waals surface area contributed by atoms with Crippen LogP contribution in [0.4, 0.5) is 0 Å². The predicted octanol–water partition coefficient (Wildman–Crippen LogP) is 1.94. The highest BCUT2D eigenvalue weighted by atomic mass is 32.2. The molecule has 1 aromatic heterocycles. The van der Waals surface area contributed by atoms with Crippen molar-refractivity contribution >= 4 is 16.8 Å². The van der Waals surface area contributed by atoms with Crippen LogP contribution in [0.15, 0.2) is 44.6 Å². The molecule has 0 N–H and O–H groups in total. The van der Waals surface area contributed by atoms with Gasteiger partial charge in [-0.05, 0) is 19.1 Å². The van der Waals surface area contributed by atoms with Gasteiger partial charge in [0.25, 0.3) is 5.76 Å². The number of ether oxygens (including phenoxy) is 1. The van der Waals surface area contributed by atoms with Crippen molar-refractivity contribution in [1.82, 2.24) is 5.16 Å². The molecule has 1 unspecified atom stereocenters. The maximum atomic E-state index is 12.4. The molecule has 0 aliphatic heterocycles. The fourth-order valence-corrected chi connectivity index (χ4v) is 2.70. The zero-order chi connectivity index (χ0) is 13.1. The molecule has 0 aliphatic carbocycles. The molecule has 0 radical (unpaired) electrons. The van der Waals surface area contributed by atoms with Crippen LogP contribution in [0.5, 0.6) is 0 Å². The molecule has 1 atom stereocenters. The maximum absolute atomic E-state index is 12.4. The van der Waals surface area contributed by atoms with E-state index in [2.05, 4.69) is 9.89 Å². The highest BCUT2D eigenvalue weighted by molar-refractivity contribution is 7.85. The number of carbonyl (C=O) groups is 1. The van der Waals surface area contributed by atoms with E-state index in [-0.39, 0.29) is 10.7 Å². The number of aromatic nitrogens is 1. The molecule has 0 spiro atoms. The maximum Gasteiger partial charge on any atom is 0.378 e. The number of rotatable bonds is 3. The van der Waals surface area contributed by atoms with Crippen molar-refractivity contribution in [2.45, 2.75) is 16.7 Å². The normalized spacial score (nSPS) is 12.1. The Hall–Kier alpha value is -1.95. The SMILES string of the molecule is COC(=O)c1onc(C)c1S(=O)c1ccccc1. The van der Waals surface area contributed by atoms with Crippen molar-refractivity contribution in [3.8, 4) is 0 Å². The van der Waals surface area contributed by atoms with Crippen molar-refractivity contribution in [2.24, 2.45) is 0 Å². The van der Waals surface area contributed by atoms with Crippen LogP contribution in [0.3, 0.4) is 0 Å². The van der Waals surface area contributed by atoms with Gasteiger partial charge in [-0.15, -0.1) is 0 Å². The number of hydrogen-bond acceptors (Lipinski definition) is 5. The lowest BCUT2D eigenvalue weighted by Gasteiger charge is -2.01. The first-order valence-electron chi connectivity index (χ1n) is 5.16. The molecule has 1 aromatic carbocycles. The fraction of sp³-hybridized carbons (Fsp3) is 0.167. The van der Waals surface area contributed by atoms with Crippen molar-refractivity contribution in [3.63, 3.8) is 0 Å². The molecule has 94 valence electrons. The summed E-state index contributed by atoms with van der Waals surface area (Å²) in [7, 11) is -0.287. The topological polar surface area (TPSA) is 69.4 Å². The molecule has 6 heteroatoms. The zero-order valence-electron chi connectivity index (χ0n) is 9.88. The van der Waals surface area contributed by atoms with E-state index in [1.807, 2.05) is 6.07 Å². The largest absolute Gasteiger partial charge is 0.463 e. The number of hydrogen-bond donors (Lipinski definition) is 0. The van der Waals surface area contributed by atoms with Gasteiger partial charge in [-0.2, -0.15) is 0 Å². The molecule has 0 fully saturated rings. The van der Waals surface area contributed by atoms with Crippen LogP contribution >= 0.6 is 0 Å². The fourth-order valence-electron chi connectivity index (χ4n) is 1.46. The highest BCUT2D eigenvalue weighted by Gasteiger charge is 2.26. The van der Waals surface area contributed by atoms with E-state index in [0.717, 1.165) is 0 Å². The Labute approximate surface area is 106 Å². The number of methoxy groups -OCH3 is 1. The second kappa shape index (κ2) is 5.14. The summed E-state index contributed by atoms with van der Waals surface area (Å²) in [5, 5.41) is 3.66. The van der Waals surface area contributed by atoms with Gasteiger partial charge < -0.3 is 9.26 Å². The van der Waals surface area contributed by atoms with E-state index in [1.54, 1.807) is 31.2 Å². The van der Waals surface area contributed by atoms with Gasteiger partial charge in [-0.3, -0.25) is 0 Å². The first-order chi connectivity index (χ1) is 8.65. The standard InChI is InChI=1S/C12H11NO4S/c1-8-11(10(17-13-8)12(14)16-2)18(15)9-6-4-3-5-7-9/h3-7H,1-2H3. The Morgan fingerprint density at radius 2 is 2.00 bits per heavy atom. The zero-order valence-corrected chi connectivity index (χ0v) is 10.7. The van der Waals surface area contributed by atoms with Crippen LogP contribution in [0.25, 0.3) is 0 Å².